The van der Waals surface area contributed by atoms with Crippen molar-refractivity contribution in [2.45, 2.75) is 39.2 Å². The van der Waals surface area contributed by atoms with Crippen LogP contribution in [0.4, 0.5) is 13.6 Å². The molecule has 1 rings (SSSR count). The zero-order valence-corrected chi connectivity index (χ0v) is 10.2. The molecular formula is C11H17F2NO3. The Bertz CT molecular complexity index is 312. The zero-order chi connectivity index (χ0) is 13.2. The van der Waals surface area contributed by atoms with Crippen molar-refractivity contribution in [3.05, 3.63) is 0 Å². The van der Waals surface area contributed by atoms with E-state index in [0.717, 1.165) is 4.90 Å². The lowest BCUT2D eigenvalue weighted by molar-refractivity contribution is -0.126. The molecule has 17 heavy (non-hydrogen) atoms. The van der Waals surface area contributed by atoms with Gasteiger partial charge in [-0.2, -0.15) is 0 Å². The maximum absolute atomic E-state index is 12.5. The number of Topliss-reactive ketones (excluding diaryl/α,β-unsaturated/α-hetero) is 1. The summed E-state index contributed by atoms with van der Waals surface area (Å²) in [6.07, 6.45) is -3.47. The number of hydrogen-bond acceptors (Lipinski definition) is 3. The predicted molar refractivity (Wildman–Crippen MR) is 56.9 cm³/mol. The molecule has 1 saturated heterocycles. The molecule has 0 aromatic heterocycles. The average Bonchev–Trinajstić information content (AvgIpc) is 2.13. The molecule has 1 unspecified atom stereocenters. The Morgan fingerprint density at radius 2 is 2.06 bits per heavy atom. The van der Waals surface area contributed by atoms with Gasteiger partial charge in [0.1, 0.15) is 5.60 Å². The molecule has 0 N–H and O–H groups in total. The molecule has 0 aromatic rings. The van der Waals surface area contributed by atoms with Crippen LogP contribution >= 0.6 is 0 Å². The van der Waals surface area contributed by atoms with Gasteiger partial charge in [-0.05, 0) is 20.8 Å². The summed E-state index contributed by atoms with van der Waals surface area (Å²) in [5.41, 5.74) is -0.697. The van der Waals surface area contributed by atoms with Gasteiger partial charge in [0.05, 0.1) is 6.54 Å². The second-order valence-corrected chi connectivity index (χ2v) is 5.20. The molecule has 0 bridgehead atoms. The highest BCUT2D eigenvalue weighted by molar-refractivity contribution is 5.85. The number of ether oxygens (including phenoxy) is 1. The third-order valence-electron chi connectivity index (χ3n) is 2.32. The highest BCUT2D eigenvalue weighted by atomic mass is 19.3. The largest absolute Gasteiger partial charge is 0.444 e. The SMILES string of the molecule is CC(C)(C)OC(=O)N1CC(=O)CC(C(F)F)C1. The predicted octanol–water partition coefficient (Wildman–Crippen LogP) is 2.08. The Kier molecular flexibility index (Phi) is 4.06. The third-order valence-corrected chi connectivity index (χ3v) is 2.32. The van der Waals surface area contributed by atoms with Crippen molar-refractivity contribution in [3.8, 4) is 0 Å². The molecule has 1 aliphatic rings. The van der Waals surface area contributed by atoms with Gasteiger partial charge in [-0.15, -0.1) is 0 Å². The number of rotatable bonds is 1. The summed E-state index contributed by atoms with van der Waals surface area (Å²) >= 11 is 0. The first-order chi connectivity index (χ1) is 7.69. The summed E-state index contributed by atoms with van der Waals surface area (Å²) in [5, 5.41) is 0. The Morgan fingerprint density at radius 1 is 1.47 bits per heavy atom. The lowest BCUT2D eigenvalue weighted by Gasteiger charge is -2.32. The van der Waals surface area contributed by atoms with Crippen LogP contribution in [-0.2, 0) is 9.53 Å². The quantitative estimate of drug-likeness (QED) is 0.714. The molecular weight excluding hydrogens is 232 g/mol. The van der Waals surface area contributed by atoms with Crippen molar-refractivity contribution in [1.29, 1.82) is 0 Å². The van der Waals surface area contributed by atoms with Gasteiger partial charge in [0.2, 0.25) is 6.43 Å². The van der Waals surface area contributed by atoms with E-state index in [-0.39, 0.29) is 25.3 Å². The Balaban J connectivity index is 2.64. The smallest absolute Gasteiger partial charge is 0.410 e. The topological polar surface area (TPSA) is 46.6 Å². The van der Waals surface area contributed by atoms with Gasteiger partial charge >= 0.3 is 6.09 Å². The fourth-order valence-electron chi connectivity index (χ4n) is 1.62. The summed E-state index contributed by atoms with van der Waals surface area (Å²) < 4.78 is 30.1. The molecule has 1 amide bonds. The van der Waals surface area contributed by atoms with E-state index in [1.54, 1.807) is 20.8 Å². The molecule has 4 nitrogen and oxygen atoms in total. The Hall–Kier alpha value is -1.20. The van der Waals surface area contributed by atoms with E-state index in [9.17, 15) is 18.4 Å². The van der Waals surface area contributed by atoms with Crippen LogP contribution in [0.5, 0.6) is 0 Å². The summed E-state index contributed by atoms with van der Waals surface area (Å²) in [7, 11) is 0. The maximum atomic E-state index is 12.5. The molecule has 0 spiro atoms. The molecule has 1 heterocycles. The third kappa shape index (κ3) is 4.28. The van der Waals surface area contributed by atoms with Gasteiger partial charge in [0.25, 0.3) is 0 Å². The lowest BCUT2D eigenvalue weighted by Crippen LogP contribution is -2.47. The molecule has 98 valence electrons. The van der Waals surface area contributed by atoms with Gasteiger partial charge in [-0.1, -0.05) is 0 Å². The number of amides is 1. The number of alkyl halides is 2. The van der Waals surface area contributed by atoms with Crippen LogP contribution in [0.2, 0.25) is 0 Å². The normalized spacial score (nSPS) is 21.9. The van der Waals surface area contributed by atoms with Gasteiger partial charge in [0.15, 0.2) is 5.78 Å². The van der Waals surface area contributed by atoms with E-state index >= 15 is 0 Å². The van der Waals surface area contributed by atoms with Crippen LogP contribution in [-0.4, -0.2) is 41.9 Å². The molecule has 0 aliphatic carbocycles. The van der Waals surface area contributed by atoms with E-state index in [1.807, 2.05) is 0 Å². The van der Waals surface area contributed by atoms with E-state index in [2.05, 4.69) is 0 Å². The number of hydrogen-bond donors (Lipinski definition) is 0. The highest BCUT2D eigenvalue weighted by Crippen LogP contribution is 2.22. The minimum Gasteiger partial charge on any atom is -0.444 e. The maximum Gasteiger partial charge on any atom is 0.410 e. The van der Waals surface area contributed by atoms with Gasteiger partial charge in [0, 0.05) is 18.9 Å². The molecule has 1 aliphatic heterocycles. The molecule has 6 heteroatoms. The van der Waals surface area contributed by atoms with Crippen molar-refractivity contribution < 1.29 is 23.1 Å². The number of carbonyl (C=O) groups excluding carboxylic acids is 2. The van der Waals surface area contributed by atoms with E-state index < -0.39 is 24.0 Å². The number of carbonyl (C=O) groups is 2. The summed E-state index contributed by atoms with van der Waals surface area (Å²) in [6.45, 7) is 4.78. The lowest BCUT2D eigenvalue weighted by atomic mass is 9.98. The number of likely N-dealkylation sites (tertiary alicyclic amines) is 1. The zero-order valence-electron chi connectivity index (χ0n) is 10.2. The van der Waals surface area contributed by atoms with Crippen LogP contribution in [0, 0.1) is 5.92 Å². The van der Waals surface area contributed by atoms with Crippen molar-refractivity contribution in [2.24, 2.45) is 5.92 Å². The first-order valence-corrected chi connectivity index (χ1v) is 5.47. The van der Waals surface area contributed by atoms with Crippen LogP contribution < -0.4 is 0 Å². The fraction of sp³-hybridized carbons (Fsp3) is 0.818. The molecule has 0 saturated carbocycles. The van der Waals surface area contributed by atoms with Gasteiger partial charge in [-0.3, -0.25) is 4.79 Å². The van der Waals surface area contributed by atoms with E-state index in [1.165, 1.54) is 0 Å². The van der Waals surface area contributed by atoms with Crippen molar-refractivity contribution in [3.63, 3.8) is 0 Å². The van der Waals surface area contributed by atoms with E-state index in [0.29, 0.717) is 0 Å². The van der Waals surface area contributed by atoms with Gasteiger partial charge < -0.3 is 9.64 Å². The molecule has 1 atom stereocenters. The monoisotopic (exact) mass is 249 g/mol. The first-order valence-electron chi connectivity index (χ1n) is 5.47. The second-order valence-electron chi connectivity index (χ2n) is 5.20. The number of ketones is 1. The van der Waals surface area contributed by atoms with Crippen molar-refractivity contribution in [1.82, 2.24) is 4.90 Å². The van der Waals surface area contributed by atoms with Crippen LogP contribution in [0.1, 0.15) is 27.2 Å². The number of piperidine rings is 1. The second kappa shape index (κ2) is 4.98. The average molecular weight is 249 g/mol. The van der Waals surface area contributed by atoms with Crippen LogP contribution in [0.3, 0.4) is 0 Å². The van der Waals surface area contributed by atoms with Crippen molar-refractivity contribution >= 4 is 11.9 Å². The highest BCUT2D eigenvalue weighted by Gasteiger charge is 2.35. The van der Waals surface area contributed by atoms with Crippen LogP contribution in [0.25, 0.3) is 0 Å². The molecule has 1 fully saturated rings. The Labute approximate surface area is 98.9 Å². The summed E-state index contributed by atoms with van der Waals surface area (Å²) in [6, 6.07) is 0. The van der Waals surface area contributed by atoms with Gasteiger partial charge in [-0.25, -0.2) is 13.6 Å². The Morgan fingerprint density at radius 3 is 2.53 bits per heavy atom. The van der Waals surface area contributed by atoms with E-state index in [4.69, 9.17) is 4.74 Å². The fourth-order valence-corrected chi connectivity index (χ4v) is 1.62. The molecule has 0 aromatic carbocycles. The standard InChI is InChI=1S/C11H17F2NO3/c1-11(2,3)17-10(16)14-5-7(9(12)13)4-8(15)6-14/h7,9H,4-6H2,1-3H3. The van der Waals surface area contributed by atoms with Crippen LogP contribution in [0.15, 0.2) is 0 Å². The minimum atomic E-state index is -2.59. The number of halogens is 2. The summed E-state index contributed by atoms with van der Waals surface area (Å²) in [5.74, 6) is -1.43. The molecule has 0 radical (unpaired) electrons. The first kappa shape index (κ1) is 13.9. The minimum absolute atomic E-state index is 0.127. The summed E-state index contributed by atoms with van der Waals surface area (Å²) in [4.78, 5) is 24.0. The number of nitrogens with zero attached hydrogens (tertiary/aromatic N) is 1. The van der Waals surface area contributed by atoms with Crippen molar-refractivity contribution in [2.75, 3.05) is 13.1 Å².